The third kappa shape index (κ3) is 4.44. The molecule has 1 aliphatic heterocycles. The van der Waals surface area contributed by atoms with Gasteiger partial charge in [-0.2, -0.15) is 8.78 Å². The number of halogens is 2. The van der Waals surface area contributed by atoms with Crippen molar-refractivity contribution in [1.29, 1.82) is 0 Å². The second-order valence-electron chi connectivity index (χ2n) is 7.08. The molecular weight excluding hydrogens is 342 g/mol. The minimum absolute atomic E-state index is 0.00112. The lowest BCUT2D eigenvalue weighted by atomic mass is 9.92. The molecule has 1 aliphatic carbocycles. The van der Waals surface area contributed by atoms with E-state index in [9.17, 15) is 13.6 Å². The van der Waals surface area contributed by atoms with Crippen LogP contribution in [0.25, 0.3) is 0 Å². The normalized spacial score (nSPS) is 20.8. The monoisotopic (exact) mass is 368 g/mol. The highest BCUT2D eigenvalue weighted by Crippen LogP contribution is 2.58. The molecule has 0 radical (unpaired) electrons. The van der Waals surface area contributed by atoms with Gasteiger partial charge in [0.1, 0.15) is 11.5 Å². The molecule has 1 saturated carbocycles. The minimum Gasteiger partial charge on any atom is -0.493 e. The molecule has 0 aromatic heterocycles. The Labute approximate surface area is 152 Å². The van der Waals surface area contributed by atoms with Crippen LogP contribution in [-0.4, -0.2) is 32.2 Å². The summed E-state index contributed by atoms with van der Waals surface area (Å²) in [7, 11) is 0. The van der Waals surface area contributed by atoms with Crippen LogP contribution in [0.15, 0.2) is 18.2 Å². The van der Waals surface area contributed by atoms with E-state index < -0.39 is 6.61 Å². The maximum Gasteiger partial charge on any atom is 0.387 e. The molecule has 1 atom stereocenters. The van der Waals surface area contributed by atoms with E-state index in [1.165, 1.54) is 6.07 Å². The van der Waals surface area contributed by atoms with Crippen molar-refractivity contribution in [3.05, 3.63) is 23.8 Å². The van der Waals surface area contributed by atoms with Crippen molar-refractivity contribution in [3.63, 3.8) is 0 Å². The van der Waals surface area contributed by atoms with Crippen LogP contribution < -0.4 is 20.1 Å². The average molecular weight is 368 g/mol. The van der Waals surface area contributed by atoms with Crippen molar-refractivity contribution in [3.8, 4) is 11.5 Å². The van der Waals surface area contributed by atoms with Crippen LogP contribution in [0.3, 0.4) is 0 Å². The van der Waals surface area contributed by atoms with Crippen LogP contribution in [0.5, 0.6) is 11.5 Å². The van der Waals surface area contributed by atoms with Gasteiger partial charge in [0.05, 0.1) is 6.61 Å². The fourth-order valence-electron chi connectivity index (χ4n) is 3.70. The molecule has 7 heteroatoms. The number of ether oxygens (including phenoxy) is 2. The summed E-state index contributed by atoms with van der Waals surface area (Å²) in [5.41, 5.74) is 0.665. The van der Waals surface area contributed by atoms with Crippen LogP contribution in [0, 0.1) is 11.3 Å². The highest BCUT2D eigenvalue weighted by molar-refractivity contribution is 5.82. The van der Waals surface area contributed by atoms with Gasteiger partial charge in [0, 0.05) is 24.1 Å². The van der Waals surface area contributed by atoms with E-state index >= 15 is 0 Å². The lowest BCUT2D eigenvalue weighted by molar-refractivity contribution is -0.123. The molecule has 2 N–H and O–H groups in total. The van der Waals surface area contributed by atoms with Crippen molar-refractivity contribution in [1.82, 2.24) is 10.6 Å². The zero-order valence-electron chi connectivity index (χ0n) is 15.0. The van der Waals surface area contributed by atoms with E-state index in [1.807, 2.05) is 6.92 Å². The van der Waals surface area contributed by atoms with E-state index in [-0.39, 0.29) is 29.5 Å². The molecule has 26 heavy (non-hydrogen) atoms. The number of amides is 1. The number of nitrogens with one attached hydrogen (secondary N) is 2. The van der Waals surface area contributed by atoms with Gasteiger partial charge in [-0.15, -0.1) is 0 Å². The first-order chi connectivity index (χ1) is 12.5. The Morgan fingerprint density at radius 2 is 2.15 bits per heavy atom. The molecule has 1 unspecified atom stereocenters. The predicted octanol–water partition coefficient (Wildman–Crippen LogP) is 3.08. The maximum atomic E-state index is 12.7. The second-order valence-corrected chi connectivity index (χ2v) is 7.08. The molecule has 144 valence electrons. The molecule has 1 amide bonds. The summed E-state index contributed by atoms with van der Waals surface area (Å²) in [4.78, 5) is 12.4. The maximum absolute atomic E-state index is 12.7. The third-order valence-electron chi connectivity index (χ3n) is 5.29. The topological polar surface area (TPSA) is 59.6 Å². The summed E-state index contributed by atoms with van der Waals surface area (Å²) in [6.07, 6.45) is 3.79. The van der Waals surface area contributed by atoms with Gasteiger partial charge in [0.15, 0.2) is 0 Å². The molecule has 5 nitrogen and oxygen atoms in total. The molecule has 2 aliphatic rings. The number of carbonyl (C=O) groups excluding carboxylic acids is 1. The van der Waals surface area contributed by atoms with Gasteiger partial charge in [0.2, 0.25) is 5.91 Å². The van der Waals surface area contributed by atoms with E-state index in [0.29, 0.717) is 17.9 Å². The molecular formula is C19H26F2N2O3. The van der Waals surface area contributed by atoms with Gasteiger partial charge in [-0.3, -0.25) is 4.79 Å². The average Bonchev–Trinajstić information content (AvgIpc) is 3.32. The molecule has 1 aromatic carbocycles. The Kier molecular flexibility index (Phi) is 5.96. The number of hydrogen-bond donors (Lipinski definition) is 2. The van der Waals surface area contributed by atoms with Gasteiger partial charge >= 0.3 is 6.61 Å². The van der Waals surface area contributed by atoms with E-state index in [4.69, 9.17) is 4.74 Å². The first-order valence-corrected chi connectivity index (χ1v) is 9.23. The number of carbonyl (C=O) groups is 1. The smallest absolute Gasteiger partial charge is 0.387 e. The Morgan fingerprint density at radius 1 is 1.38 bits per heavy atom. The van der Waals surface area contributed by atoms with Gasteiger partial charge in [-0.25, -0.2) is 0 Å². The summed E-state index contributed by atoms with van der Waals surface area (Å²) in [5, 5.41) is 6.20. The number of alkyl halides is 2. The standard InChI is InChI=1S/C19H26F2N2O3/c1-2-9-25-14-4-3-13(16(10-14)26-18(20)21)12-23-17(24)15-11-19(15)5-7-22-8-6-19/h3-4,10,15,18,22H,2,5-9,11-12H2,1H3,(H,23,24). The first-order valence-electron chi connectivity index (χ1n) is 9.23. The van der Waals surface area contributed by atoms with Crippen molar-refractivity contribution in [2.45, 2.75) is 45.8 Å². The predicted molar refractivity (Wildman–Crippen MR) is 93.4 cm³/mol. The molecule has 0 bridgehead atoms. The van der Waals surface area contributed by atoms with Crippen LogP contribution in [0.1, 0.15) is 38.2 Å². The Bertz CT molecular complexity index is 633. The lowest BCUT2D eigenvalue weighted by Gasteiger charge is -2.23. The third-order valence-corrected chi connectivity index (χ3v) is 5.29. The van der Waals surface area contributed by atoms with Gasteiger partial charge in [-0.1, -0.05) is 6.92 Å². The minimum atomic E-state index is -2.92. The number of rotatable bonds is 8. The van der Waals surface area contributed by atoms with E-state index in [2.05, 4.69) is 15.4 Å². The van der Waals surface area contributed by atoms with E-state index in [0.717, 1.165) is 38.8 Å². The molecule has 2 fully saturated rings. The zero-order chi connectivity index (χ0) is 18.6. The zero-order valence-corrected chi connectivity index (χ0v) is 15.0. The van der Waals surface area contributed by atoms with Crippen LogP contribution in [0.4, 0.5) is 8.78 Å². The van der Waals surface area contributed by atoms with Crippen LogP contribution in [-0.2, 0) is 11.3 Å². The van der Waals surface area contributed by atoms with Crippen LogP contribution in [0.2, 0.25) is 0 Å². The summed E-state index contributed by atoms with van der Waals surface area (Å²) in [5.74, 6) is 0.562. The Balaban J connectivity index is 1.60. The van der Waals surface area contributed by atoms with Crippen LogP contribution >= 0.6 is 0 Å². The molecule has 3 rings (SSSR count). The molecule has 1 heterocycles. The summed E-state index contributed by atoms with van der Waals surface area (Å²) >= 11 is 0. The van der Waals surface area contributed by atoms with Crippen molar-refractivity contribution in [2.24, 2.45) is 11.3 Å². The quantitative estimate of drug-likeness (QED) is 0.740. The van der Waals surface area contributed by atoms with Gasteiger partial charge in [0.25, 0.3) is 0 Å². The fourth-order valence-corrected chi connectivity index (χ4v) is 3.70. The number of benzene rings is 1. The van der Waals surface area contributed by atoms with Crippen molar-refractivity contribution < 1.29 is 23.0 Å². The largest absolute Gasteiger partial charge is 0.493 e. The molecule has 1 spiro atoms. The number of hydrogen-bond acceptors (Lipinski definition) is 4. The highest BCUT2D eigenvalue weighted by Gasteiger charge is 2.57. The Morgan fingerprint density at radius 3 is 2.85 bits per heavy atom. The summed E-state index contributed by atoms with van der Waals surface area (Å²) in [6, 6.07) is 4.83. The number of piperidine rings is 1. The first kappa shape index (κ1) is 18.9. The highest BCUT2D eigenvalue weighted by atomic mass is 19.3. The second kappa shape index (κ2) is 8.20. The van der Waals surface area contributed by atoms with Crippen molar-refractivity contribution >= 4 is 5.91 Å². The molecule has 1 aromatic rings. The molecule has 1 saturated heterocycles. The van der Waals surface area contributed by atoms with E-state index in [1.54, 1.807) is 12.1 Å². The summed E-state index contributed by atoms with van der Waals surface area (Å²) in [6.45, 7) is 1.62. The van der Waals surface area contributed by atoms with Crippen molar-refractivity contribution in [2.75, 3.05) is 19.7 Å². The summed E-state index contributed by atoms with van der Waals surface area (Å²) < 4.78 is 35.5. The van der Waals surface area contributed by atoms with Gasteiger partial charge in [-0.05, 0) is 56.3 Å². The SMILES string of the molecule is CCCOc1ccc(CNC(=O)C2CC23CCNCC3)c(OC(F)F)c1. The Hall–Kier alpha value is -1.89. The fraction of sp³-hybridized carbons (Fsp3) is 0.632. The lowest BCUT2D eigenvalue weighted by Crippen LogP contribution is -2.33. The van der Waals surface area contributed by atoms with Gasteiger partial charge < -0.3 is 20.1 Å².